The van der Waals surface area contributed by atoms with Crippen LogP contribution in [-0.4, -0.2) is 44.8 Å². The number of ether oxygens (including phenoxy) is 3. The number of esters is 2. The van der Waals surface area contributed by atoms with Gasteiger partial charge in [-0.05, 0) is 6.08 Å². The van der Waals surface area contributed by atoms with Gasteiger partial charge in [-0.25, -0.2) is 9.59 Å². The van der Waals surface area contributed by atoms with Crippen LogP contribution in [0.2, 0.25) is 0 Å². The monoisotopic (exact) mass is 229 g/mol. The maximum atomic E-state index is 11.6. The number of amides is 1. The summed E-state index contributed by atoms with van der Waals surface area (Å²) in [6.45, 7) is 0. The van der Waals surface area contributed by atoms with Gasteiger partial charge >= 0.3 is 11.9 Å². The highest BCUT2D eigenvalue weighted by atomic mass is 16.6. The zero-order valence-corrected chi connectivity index (χ0v) is 9.03. The Morgan fingerprint density at radius 2 is 1.88 bits per heavy atom. The molecule has 0 saturated carbocycles. The van der Waals surface area contributed by atoms with Crippen molar-refractivity contribution in [2.75, 3.05) is 21.3 Å². The van der Waals surface area contributed by atoms with Gasteiger partial charge in [-0.2, -0.15) is 0 Å². The van der Waals surface area contributed by atoms with E-state index in [4.69, 9.17) is 4.74 Å². The third-order valence-corrected chi connectivity index (χ3v) is 2.15. The third-order valence-electron chi connectivity index (χ3n) is 2.15. The Kier molecular flexibility index (Phi) is 3.28. The molecule has 1 heterocycles. The number of carbonyl (C=O) groups is 3. The fourth-order valence-electron chi connectivity index (χ4n) is 1.28. The zero-order valence-electron chi connectivity index (χ0n) is 9.03. The number of nitrogens with one attached hydrogen (secondary N) is 1. The number of hydrogen-bond donors (Lipinski definition) is 1. The van der Waals surface area contributed by atoms with E-state index in [-0.39, 0.29) is 5.70 Å². The maximum Gasteiger partial charge on any atom is 0.354 e. The number of rotatable bonds is 3. The quantitative estimate of drug-likeness (QED) is 0.479. The summed E-state index contributed by atoms with van der Waals surface area (Å²) in [4.78, 5) is 34.2. The molecule has 0 aliphatic carbocycles. The first-order valence-corrected chi connectivity index (χ1v) is 4.28. The lowest BCUT2D eigenvalue weighted by Gasteiger charge is -2.18. The van der Waals surface area contributed by atoms with Crippen molar-refractivity contribution >= 4 is 17.8 Å². The van der Waals surface area contributed by atoms with Crippen LogP contribution in [-0.2, 0) is 28.6 Å². The minimum atomic E-state index is -1.92. The number of hydrogen-bond acceptors (Lipinski definition) is 6. The molecule has 1 N–H and O–H groups in total. The molecule has 0 fully saturated rings. The summed E-state index contributed by atoms with van der Waals surface area (Å²) < 4.78 is 13.7. The van der Waals surface area contributed by atoms with Gasteiger partial charge in [0.15, 0.2) is 0 Å². The molecular formula is C9H11NO6. The molecule has 0 unspecified atom stereocenters. The van der Waals surface area contributed by atoms with Crippen LogP contribution in [0.1, 0.15) is 0 Å². The number of methoxy groups -OCH3 is 3. The third kappa shape index (κ3) is 1.65. The van der Waals surface area contributed by atoms with Gasteiger partial charge in [-0.1, -0.05) is 0 Å². The van der Waals surface area contributed by atoms with E-state index in [0.717, 1.165) is 27.4 Å². The molecule has 7 heteroatoms. The summed E-state index contributed by atoms with van der Waals surface area (Å²) in [7, 11) is 3.42. The van der Waals surface area contributed by atoms with Gasteiger partial charge in [-0.3, -0.25) is 4.79 Å². The second-order valence-electron chi connectivity index (χ2n) is 2.94. The van der Waals surface area contributed by atoms with E-state index < -0.39 is 23.4 Å². The van der Waals surface area contributed by atoms with Crippen LogP contribution in [0.25, 0.3) is 0 Å². The Hall–Kier alpha value is -1.89. The Bertz CT molecular complexity index is 374. The lowest BCUT2D eigenvalue weighted by atomic mass is 10.1. The molecule has 1 rings (SSSR count). The van der Waals surface area contributed by atoms with Crippen molar-refractivity contribution in [2.24, 2.45) is 0 Å². The van der Waals surface area contributed by atoms with Crippen molar-refractivity contribution in [3.63, 3.8) is 0 Å². The molecule has 0 aromatic rings. The van der Waals surface area contributed by atoms with Crippen LogP contribution in [0.5, 0.6) is 0 Å². The molecule has 0 spiro atoms. The van der Waals surface area contributed by atoms with Crippen molar-refractivity contribution < 1.29 is 28.6 Å². The first-order valence-electron chi connectivity index (χ1n) is 4.28. The van der Waals surface area contributed by atoms with Gasteiger partial charge in [0.2, 0.25) is 0 Å². The smallest absolute Gasteiger partial charge is 0.354 e. The highest BCUT2D eigenvalue weighted by Crippen LogP contribution is 2.23. The summed E-state index contributed by atoms with van der Waals surface area (Å²) in [5.41, 5.74) is -2.07. The van der Waals surface area contributed by atoms with Crippen molar-refractivity contribution in [1.29, 1.82) is 0 Å². The van der Waals surface area contributed by atoms with E-state index >= 15 is 0 Å². The standard InChI is InChI=1S/C9H11NO6/c1-14-6(11)5-4-9(16-3,7(12)10-5)8(13)15-2/h4H,1-3H3,(H,10,12)/t9-/m0/s1. The van der Waals surface area contributed by atoms with Gasteiger partial charge in [0.05, 0.1) is 14.2 Å². The molecule has 88 valence electrons. The van der Waals surface area contributed by atoms with Crippen LogP contribution in [0, 0.1) is 0 Å². The first kappa shape index (κ1) is 12.2. The number of carbonyl (C=O) groups excluding carboxylic acids is 3. The predicted molar refractivity (Wildman–Crippen MR) is 50.0 cm³/mol. The molecular weight excluding hydrogens is 218 g/mol. The molecule has 0 radical (unpaired) electrons. The molecule has 0 saturated heterocycles. The minimum Gasteiger partial charge on any atom is -0.466 e. The van der Waals surface area contributed by atoms with Crippen LogP contribution in [0.3, 0.4) is 0 Å². The van der Waals surface area contributed by atoms with Gasteiger partial charge in [0.25, 0.3) is 11.5 Å². The normalized spacial score (nSPS) is 23.4. The van der Waals surface area contributed by atoms with Crippen molar-refractivity contribution in [3.05, 3.63) is 11.8 Å². The van der Waals surface area contributed by atoms with Gasteiger partial charge in [-0.15, -0.1) is 0 Å². The Labute approximate surface area is 91.3 Å². The molecule has 16 heavy (non-hydrogen) atoms. The Balaban J connectivity index is 3.12. The van der Waals surface area contributed by atoms with Crippen LogP contribution >= 0.6 is 0 Å². The van der Waals surface area contributed by atoms with Gasteiger partial charge < -0.3 is 19.5 Å². The summed E-state index contributed by atoms with van der Waals surface area (Å²) in [6.07, 6.45) is 1.03. The SMILES string of the molecule is COC(=O)C1=C[C@@](OC)(C(=O)OC)C(=O)N1. The Morgan fingerprint density at radius 3 is 2.31 bits per heavy atom. The van der Waals surface area contributed by atoms with Gasteiger partial charge in [0.1, 0.15) is 5.70 Å². The summed E-state index contributed by atoms with van der Waals surface area (Å²) in [5.74, 6) is -2.47. The topological polar surface area (TPSA) is 90.9 Å². The molecule has 0 bridgehead atoms. The molecule has 1 aliphatic rings. The molecule has 0 aromatic carbocycles. The highest BCUT2D eigenvalue weighted by Gasteiger charge is 2.51. The summed E-state index contributed by atoms with van der Waals surface area (Å²) in [6, 6.07) is 0. The molecule has 7 nitrogen and oxygen atoms in total. The van der Waals surface area contributed by atoms with Crippen LogP contribution < -0.4 is 5.32 Å². The van der Waals surface area contributed by atoms with E-state index in [0.29, 0.717) is 0 Å². The summed E-state index contributed by atoms with van der Waals surface area (Å²) in [5, 5.41) is 2.18. The van der Waals surface area contributed by atoms with Crippen molar-refractivity contribution in [2.45, 2.75) is 5.60 Å². The minimum absolute atomic E-state index is 0.153. The first-order chi connectivity index (χ1) is 7.51. The molecule has 1 atom stereocenters. The average Bonchev–Trinajstić information content (AvgIpc) is 2.65. The predicted octanol–water partition coefficient (Wildman–Crippen LogP) is -1.27. The highest BCUT2D eigenvalue weighted by molar-refractivity contribution is 6.14. The molecule has 1 aliphatic heterocycles. The second kappa shape index (κ2) is 4.31. The van der Waals surface area contributed by atoms with Crippen molar-refractivity contribution in [1.82, 2.24) is 5.32 Å². The van der Waals surface area contributed by atoms with E-state index in [1.807, 2.05) is 0 Å². The van der Waals surface area contributed by atoms with Gasteiger partial charge in [0, 0.05) is 7.11 Å². The van der Waals surface area contributed by atoms with E-state index in [9.17, 15) is 14.4 Å². The van der Waals surface area contributed by atoms with E-state index in [2.05, 4.69) is 14.8 Å². The maximum absolute atomic E-state index is 11.6. The average molecular weight is 229 g/mol. The lowest BCUT2D eigenvalue weighted by molar-refractivity contribution is -0.165. The second-order valence-corrected chi connectivity index (χ2v) is 2.94. The largest absolute Gasteiger partial charge is 0.466 e. The zero-order chi connectivity index (χ0) is 12.3. The van der Waals surface area contributed by atoms with E-state index in [1.165, 1.54) is 0 Å². The molecule has 0 aromatic heterocycles. The van der Waals surface area contributed by atoms with Crippen LogP contribution in [0.4, 0.5) is 0 Å². The van der Waals surface area contributed by atoms with Crippen molar-refractivity contribution in [3.8, 4) is 0 Å². The lowest BCUT2D eigenvalue weighted by Crippen LogP contribution is -2.48. The fourth-order valence-corrected chi connectivity index (χ4v) is 1.28. The summed E-state index contributed by atoms with van der Waals surface area (Å²) >= 11 is 0. The van der Waals surface area contributed by atoms with Crippen LogP contribution in [0.15, 0.2) is 11.8 Å². The fraction of sp³-hybridized carbons (Fsp3) is 0.444. The van der Waals surface area contributed by atoms with E-state index in [1.54, 1.807) is 0 Å². The molecule has 1 amide bonds. The Morgan fingerprint density at radius 1 is 1.25 bits per heavy atom.